The molecule has 1 atom stereocenters. The summed E-state index contributed by atoms with van der Waals surface area (Å²) in [5.41, 5.74) is 4.95. The van der Waals surface area contributed by atoms with Crippen LogP contribution >= 0.6 is 12.4 Å². The van der Waals surface area contributed by atoms with E-state index >= 15 is 0 Å². The molecule has 142 valence electrons. The molecular weight excluding hydrogens is 361 g/mol. The summed E-state index contributed by atoms with van der Waals surface area (Å²) < 4.78 is 42.9. The first-order valence-corrected chi connectivity index (χ1v) is 7.78. The normalized spacial score (nSPS) is 17.2. The van der Waals surface area contributed by atoms with Gasteiger partial charge >= 0.3 is 12.2 Å². The first-order valence-electron chi connectivity index (χ1n) is 7.78. The van der Waals surface area contributed by atoms with Gasteiger partial charge < -0.3 is 15.4 Å². The molecule has 1 aromatic heterocycles. The number of halogens is 4. The predicted molar refractivity (Wildman–Crippen MR) is 87.3 cm³/mol. The number of nitrogens with two attached hydrogens (primary N) is 1. The zero-order chi connectivity index (χ0) is 17.9. The highest BCUT2D eigenvalue weighted by Crippen LogP contribution is 2.28. The summed E-state index contributed by atoms with van der Waals surface area (Å²) >= 11 is 0. The molecule has 2 heterocycles. The van der Waals surface area contributed by atoms with Crippen LogP contribution in [0.15, 0.2) is 12.4 Å². The fourth-order valence-electron chi connectivity index (χ4n) is 2.36. The van der Waals surface area contributed by atoms with Gasteiger partial charge in [-0.05, 0) is 5.92 Å². The average molecular weight is 383 g/mol. The Morgan fingerprint density at radius 2 is 1.80 bits per heavy atom. The lowest BCUT2D eigenvalue weighted by Gasteiger charge is -2.33. The average Bonchev–Trinajstić information content (AvgIpc) is 2.54. The first kappa shape index (κ1) is 21.4. The second-order valence-electron chi connectivity index (χ2n) is 6.16. The van der Waals surface area contributed by atoms with Crippen molar-refractivity contribution in [3.63, 3.8) is 0 Å². The van der Waals surface area contributed by atoms with Gasteiger partial charge in [0.15, 0.2) is 0 Å². The molecule has 1 aromatic rings. The zero-order valence-corrected chi connectivity index (χ0v) is 14.8. The molecule has 2 rings (SSSR count). The van der Waals surface area contributed by atoms with E-state index in [0.29, 0.717) is 38.3 Å². The number of alkyl halides is 3. The summed E-state index contributed by atoms with van der Waals surface area (Å²) in [7, 11) is 0. The summed E-state index contributed by atoms with van der Waals surface area (Å²) in [6.45, 7) is 4.76. The van der Waals surface area contributed by atoms with Crippen LogP contribution in [0.25, 0.3) is 0 Å². The van der Waals surface area contributed by atoms with Crippen molar-refractivity contribution in [3.05, 3.63) is 18.0 Å². The van der Waals surface area contributed by atoms with E-state index in [1.165, 1.54) is 0 Å². The highest BCUT2D eigenvalue weighted by Gasteiger charge is 2.32. The molecule has 0 spiro atoms. The lowest BCUT2D eigenvalue weighted by molar-refractivity contribution is -0.138. The minimum absolute atomic E-state index is 0. The van der Waals surface area contributed by atoms with E-state index in [2.05, 4.69) is 9.97 Å². The molecule has 1 saturated heterocycles. The SMILES string of the molecule is CC(C)[C@H](N)C(=O)N1CCC(Oc2ncc(C(F)(F)F)cn2)CC1.Cl. The van der Waals surface area contributed by atoms with Crippen molar-refractivity contribution in [2.24, 2.45) is 11.7 Å². The first-order chi connectivity index (χ1) is 11.2. The summed E-state index contributed by atoms with van der Waals surface area (Å²) in [6, 6.07) is -0.618. The maximum absolute atomic E-state index is 12.5. The van der Waals surface area contributed by atoms with Crippen LogP contribution in [0.1, 0.15) is 32.3 Å². The molecule has 0 aromatic carbocycles. The highest BCUT2D eigenvalue weighted by atomic mass is 35.5. The Labute approximate surface area is 150 Å². The van der Waals surface area contributed by atoms with Gasteiger partial charge in [0.05, 0.1) is 11.6 Å². The molecule has 0 unspecified atom stereocenters. The van der Waals surface area contributed by atoms with E-state index in [1.807, 2.05) is 13.8 Å². The molecule has 0 saturated carbocycles. The Kier molecular flexibility index (Phi) is 7.43. The summed E-state index contributed by atoms with van der Waals surface area (Å²) in [5, 5.41) is 0. The van der Waals surface area contributed by atoms with Crippen molar-refractivity contribution in [1.82, 2.24) is 14.9 Å². The van der Waals surface area contributed by atoms with Crippen molar-refractivity contribution >= 4 is 18.3 Å². The Hall–Kier alpha value is -1.61. The van der Waals surface area contributed by atoms with Crippen LogP contribution < -0.4 is 10.5 Å². The standard InChI is InChI=1S/C15H21F3N4O2.ClH/c1-9(2)12(19)13(23)22-5-3-11(4-6-22)24-14-20-7-10(8-21-14)15(16,17)18;/h7-9,11-12H,3-6,19H2,1-2H3;1H/t12-;/m0./s1. The van der Waals surface area contributed by atoms with Crippen LogP contribution in [-0.2, 0) is 11.0 Å². The molecule has 6 nitrogen and oxygen atoms in total. The van der Waals surface area contributed by atoms with E-state index in [4.69, 9.17) is 10.5 Å². The zero-order valence-electron chi connectivity index (χ0n) is 14.0. The van der Waals surface area contributed by atoms with E-state index in [9.17, 15) is 18.0 Å². The number of ether oxygens (including phenoxy) is 1. The quantitative estimate of drug-likeness (QED) is 0.863. The van der Waals surface area contributed by atoms with E-state index in [-0.39, 0.29) is 36.3 Å². The van der Waals surface area contributed by atoms with E-state index < -0.39 is 17.8 Å². The number of aromatic nitrogens is 2. The van der Waals surface area contributed by atoms with Crippen LogP contribution in [0, 0.1) is 5.92 Å². The number of amides is 1. The molecule has 1 aliphatic heterocycles. The Morgan fingerprint density at radius 1 is 1.28 bits per heavy atom. The molecular formula is C15H22ClF3N4O2. The highest BCUT2D eigenvalue weighted by molar-refractivity contribution is 5.85. The Bertz CT molecular complexity index is 561. The summed E-state index contributed by atoms with van der Waals surface area (Å²) in [6.07, 6.45) is -2.20. The third-order valence-corrected chi connectivity index (χ3v) is 3.98. The van der Waals surface area contributed by atoms with Crippen LogP contribution in [0.5, 0.6) is 6.01 Å². The van der Waals surface area contributed by atoms with Gasteiger partial charge in [0.2, 0.25) is 5.91 Å². The largest absolute Gasteiger partial charge is 0.460 e. The van der Waals surface area contributed by atoms with Crippen LogP contribution in [-0.4, -0.2) is 46.0 Å². The van der Waals surface area contributed by atoms with Gasteiger partial charge in [-0.15, -0.1) is 12.4 Å². The molecule has 1 amide bonds. The maximum Gasteiger partial charge on any atom is 0.419 e. The number of rotatable bonds is 4. The predicted octanol–water partition coefficient (Wildman–Crippen LogP) is 2.27. The van der Waals surface area contributed by atoms with Crippen LogP contribution in [0.2, 0.25) is 0 Å². The van der Waals surface area contributed by atoms with Crippen molar-refractivity contribution < 1.29 is 22.7 Å². The number of carbonyl (C=O) groups excluding carboxylic acids is 1. The van der Waals surface area contributed by atoms with E-state index in [1.54, 1.807) is 4.90 Å². The Morgan fingerprint density at radius 3 is 2.24 bits per heavy atom. The molecule has 0 aliphatic carbocycles. The minimum atomic E-state index is -4.47. The summed E-state index contributed by atoms with van der Waals surface area (Å²) in [4.78, 5) is 21.0. The van der Waals surface area contributed by atoms with Gasteiger partial charge in [0, 0.05) is 38.3 Å². The smallest absolute Gasteiger partial charge is 0.419 e. The molecule has 2 N–H and O–H groups in total. The van der Waals surface area contributed by atoms with Gasteiger partial charge in [0.1, 0.15) is 6.10 Å². The van der Waals surface area contributed by atoms with Crippen LogP contribution in [0.4, 0.5) is 13.2 Å². The number of nitrogens with zero attached hydrogens (tertiary/aromatic N) is 3. The Balaban J connectivity index is 0.00000312. The molecule has 1 fully saturated rings. The topological polar surface area (TPSA) is 81.3 Å². The van der Waals surface area contributed by atoms with Crippen molar-refractivity contribution in [2.75, 3.05) is 13.1 Å². The fraction of sp³-hybridized carbons (Fsp3) is 0.667. The monoisotopic (exact) mass is 382 g/mol. The maximum atomic E-state index is 12.5. The molecule has 25 heavy (non-hydrogen) atoms. The van der Waals surface area contributed by atoms with E-state index in [0.717, 1.165) is 0 Å². The lowest BCUT2D eigenvalue weighted by atomic mass is 10.0. The van der Waals surface area contributed by atoms with Gasteiger partial charge in [0.25, 0.3) is 0 Å². The number of hydrogen-bond acceptors (Lipinski definition) is 5. The van der Waals surface area contributed by atoms with Crippen molar-refractivity contribution in [2.45, 2.75) is 45.0 Å². The number of carbonyl (C=O) groups is 1. The molecule has 1 aliphatic rings. The molecule has 10 heteroatoms. The van der Waals surface area contributed by atoms with Gasteiger partial charge in [-0.3, -0.25) is 4.79 Å². The summed E-state index contributed by atoms with van der Waals surface area (Å²) in [5.74, 6) is -0.0266. The lowest BCUT2D eigenvalue weighted by Crippen LogP contribution is -2.50. The second kappa shape index (κ2) is 8.66. The minimum Gasteiger partial charge on any atom is -0.460 e. The fourth-order valence-corrected chi connectivity index (χ4v) is 2.36. The molecule has 0 bridgehead atoms. The van der Waals surface area contributed by atoms with Crippen LogP contribution in [0.3, 0.4) is 0 Å². The van der Waals surface area contributed by atoms with Crippen molar-refractivity contribution in [1.29, 1.82) is 0 Å². The van der Waals surface area contributed by atoms with Gasteiger partial charge in [-0.25, -0.2) is 9.97 Å². The number of likely N-dealkylation sites (tertiary alicyclic amines) is 1. The number of hydrogen-bond donors (Lipinski definition) is 1. The van der Waals surface area contributed by atoms with Crippen molar-refractivity contribution in [3.8, 4) is 6.01 Å². The van der Waals surface area contributed by atoms with Gasteiger partial charge in [-0.2, -0.15) is 13.2 Å². The third-order valence-electron chi connectivity index (χ3n) is 3.98. The molecule has 0 radical (unpaired) electrons. The second-order valence-corrected chi connectivity index (χ2v) is 6.16. The third kappa shape index (κ3) is 5.71. The van der Waals surface area contributed by atoms with Gasteiger partial charge in [-0.1, -0.05) is 13.8 Å². The number of piperidine rings is 1.